The van der Waals surface area contributed by atoms with Gasteiger partial charge in [-0.1, -0.05) is 45.1 Å². The van der Waals surface area contributed by atoms with E-state index in [2.05, 4.69) is 6.58 Å². The van der Waals surface area contributed by atoms with Crippen molar-refractivity contribution in [3.63, 3.8) is 0 Å². The van der Waals surface area contributed by atoms with E-state index in [1.54, 1.807) is 0 Å². The summed E-state index contributed by atoms with van der Waals surface area (Å²) in [5.74, 6) is 1.40. The van der Waals surface area contributed by atoms with Crippen molar-refractivity contribution < 1.29 is 13.6 Å². The Hall–Kier alpha value is -0.110. The van der Waals surface area contributed by atoms with Crippen LogP contribution in [0.25, 0.3) is 0 Å². The van der Waals surface area contributed by atoms with Crippen LogP contribution in [0.2, 0.25) is 0 Å². The topological polar surface area (TPSA) is 35.5 Å². The van der Waals surface area contributed by atoms with Crippen molar-refractivity contribution in [2.45, 2.75) is 76.4 Å². The third kappa shape index (κ3) is 4.22. The Labute approximate surface area is 110 Å². The van der Waals surface area contributed by atoms with Crippen LogP contribution in [0.1, 0.15) is 64.2 Å². The first-order chi connectivity index (χ1) is 8.72. The molecule has 2 rings (SSSR count). The normalized spacial score (nSPS) is 24.0. The first-order valence-electron chi connectivity index (χ1n) is 7.32. The Morgan fingerprint density at radius 2 is 1.22 bits per heavy atom. The SMILES string of the molecule is C=CP(=O)(OC1CCCCC1)OC1CCCCC1. The molecule has 0 heterocycles. The van der Waals surface area contributed by atoms with Gasteiger partial charge < -0.3 is 9.05 Å². The second-order valence-corrected chi connectivity index (χ2v) is 7.32. The molecule has 104 valence electrons. The first-order valence-corrected chi connectivity index (χ1v) is 8.93. The number of rotatable bonds is 5. The predicted molar refractivity (Wildman–Crippen MR) is 73.7 cm³/mol. The average molecular weight is 272 g/mol. The number of hydrogen-bond acceptors (Lipinski definition) is 3. The van der Waals surface area contributed by atoms with Crippen LogP contribution < -0.4 is 0 Å². The standard InChI is InChI=1S/C14H25O3P/c1-2-18(15,16-13-9-5-3-6-10-13)17-14-11-7-4-8-12-14/h2,13-14H,1,3-12H2. The van der Waals surface area contributed by atoms with Gasteiger partial charge in [-0.15, -0.1) is 0 Å². The van der Waals surface area contributed by atoms with Crippen LogP contribution in [0.3, 0.4) is 0 Å². The molecule has 0 aromatic rings. The van der Waals surface area contributed by atoms with Crippen LogP contribution in [0, 0.1) is 0 Å². The summed E-state index contributed by atoms with van der Waals surface area (Å²) in [6.07, 6.45) is 11.4. The summed E-state index contributed by atoms with van der Waals surface area (Å²) in [5, 5.41) is 0. The van der Waals surface area contributed by atoms with Gasteiger partial charge in [-0.05, 0) is 25.7 Å². The van der Waals surface area contributed by atoms with Gasteiger partial charge in [0.2, 0.25) is 0 Å². The van der Waals surface area contributed by atoms with E-state index in [0.717, 1.165) is 25.7 Å². The van der Waals surface area contributed by atoms with E-state index in [0.29, 0.717) is 0 Å². The maximum atomic E-state index is 12.6. The van der Waals surface area contributed by atoms with Crippen LogP contribution in [0.5, 0.6) is 0 Å². The molecule has 0 saturated heterocycles. The van der Waals surface area contributed by atoms with E-state index in [1.807, 2.05) is 0 Å². The van der Waals surface area contributed by atoms with Gasteiger partial charge in [-0.25, -0.2) is 0 Å². The highest BCUT2D eigenvalue weighted by molar-refractivity contribution is 7.57. The summed E-state index contributed by atoms with van der Waals surface area (Å²) in [5.41, 5.74) is 0. The zero-order chi connectivity index (χ0) is 12.8. The predicted octanol–water partition coefficient (Wildman–Crippen LogP) is 5.02. The lowest BCUT2D eigenvalue weighted by Gasteiger charge is -2.29. The van der Waals surface area contributed by atoms with Crippen molar-refractivity contribution >= 4 is 7.60 Å². The molecular formula is C14H25O3P. The Morgan fingerprint density at radius 1 is 0.833 bits per heavy atom. The minimum Gasteiger partial charge on any atom is -0.302 e. The van der Waals surface area contributed by atoms with Crippen molar-refractivity contribution in [2.24, 2.45) is 0 Å². The molecule has 0 aromatic carbocycles. The van der Waals surface area contributed by atoms with Crippen molar-refractivity contribution in [1.29, 1.82) is 0 Å². The molecule has 18 heavy (non-hydrogen) atoms. The van der Waals surface area contributed by atoms with Gasteiger partial charge in [0.1, 0.15) is 0 Å². The van der Waals surface area contributed by atoms with Crippen LogP contribution in [-0.4, -0.2) is 12.2 Å². The minimum atomic E-state index is -3.07. The highest BCUT2D eigenvalue weighted by atomic mass is 31.2. The maximum Gasteiger partial charge on any atom is 0.354 e. The maximum absolute atomic E-state index is 12.6. The summed E-state index contributed by atoms with van der Waals surface area (Å²) in [7, 11) is -3.07. The van der Waals surface area contributed by atoms with Crippen LogP contribution in [0.15, 0.2) is 12.4 Å². The molecule has 2 aliphatic carbocycles. The second-order valence-electron chi connectivity index (χ2n) is 5.45. The molecule has 0 atom stereocenters. The summed E-state index contributed by atoms with van der Waals surface area (Å²) in [4.78, 5) is 0. The van der Waals surface area contributed by atoms with E-state index in [9.17, 15) is 4.57 Å². The molecule has 0 aromatic heterocycles. The van der Waals surface area contributed by atoms with Crippen molar-refractivity contribution in [3.05, 3.63) is 12.4 Å². The summed E-state index contributed by atoms with van der Waals surface area (Å²) in [6, 6.07) is 0. The molecule has 0 aliphatic heterocycles. The zero-order valence-corrected chi connectivity index (χ0v) is 12.1. The Kier molecular flexibility index (Phi) is 5.47. The second kappa shape index (κ2) is 6.88. The Balaban J connectivity index is 1.87. The van der Waals surface area contributed by atoms with Crippen LogP contribution in [-0.2, 0) is 13.6 Å². The first kappa shape index (κ1) is 14.3. The van der Waals surface area contributed by atoms with Crippen molar-refractivity contribution in [3.8, 4) is 0 Å². The van der Waals surface area contributed by atoms with Gasteiger partial charge in [0.05, 0.1) is 12.2 Å². The van der Waals surface area contributed by atoms with E-state index >= 15 is 0 Å². The summed E-state index contributed by atoms with van der Waals surface area (Å²) < 4.78 is 24.0. The van der Waals surface area contributed by atoms with E-state index in [1.165, 1.54) is 44.3 Å². The van der Waals surface area contributed by atoms with Gasteiger partial charge in [-0.2, -0.15) is 0 Å². The smallest absolute Gasteiger partial charge is 0.302 e. The molecule has 2 saturated carbocycles. The fraction of sp³-hybridized carbons (Fsp3) is 0.857. The molecular weight excluding hydrogens is 247 g/mol. The molecule has 0 amide bonds. The fourth-order valence-electron chi connectivity index (χ4n) is 2.87. The van der Waals surface area contributed by atoms with Crippen LogP contribution in [0.4, 0.5) is 0 Å². The lowest BCUT2D eigenvalue weighted by Crippen LogP contribution is -2.19. The lowest BCUT2D eigenvalue weighted by atomic mass is 9.98. The monoisotopic (exact) mass is 272 g/mol. The molecule has 0 radical (unpaired) electrons. The lowest BCUT2D eigenvalue weighted by molar-refractivity contribution is 0.0840. The molecule has 4 heteroatoms. The van der Waals surface area contributed by atoms with Gasteiger partial charge in [0.15, 0.2) is 0 Å². The molecule has 0 bridgehead atoms. The highest BCUT2D eigenvalue weighted by Crippen LogP contribution is 2.54. The van der Waals surface area contributed by atoms with E-state index in [4.69, 9.17) is 9.05 Å². The largest absolute Gasteiger partial charge is 0.354 e. The van der Waals surface area contributed by atoms with Gasteiger partial charge >= 0.3 is 7.60 Å². The quantitative estimate of drug-likeness (QED) is 0.659. The van der Waals surface area contributed by atoms with Crippen molar-refractivity contribution in [2.75, 3.05) is 0 Å². The Bertz CT molecular complexity index is 280. The molecule has 0 unspecified atom stereocenters. The van der Waals surface area contributed by atoms with Crippen molar-refractivity contribution in [1.82, 2.24) is 0 Å². The molecule has 0 N–H and O–H groups in total. The third-order valence-electron chi connectivity index (χ3n) is 3.92. The highest BCUT2D eigenvalue weighted by Gasteiger charge is 2.30. The van der Waals surface area contributed by atoms with E-state index < -0.39 is 7.60 Å². The zero-order valence-electron chi connectivity index (χ0n) is 11.2. The molecule has 0 spiro atoms. The van der Waals surface area contributed by atoms with E-state index in [-0.39, 0.29) is 12.2 Å². The van der Waals surface area contributed by atoms with Gasteiger partial charge in [-0.3, -0.25) is 4.57 Å². The molecule has 2 aliphatic rings. The number of hydrogen-bond donors (Lipinski definition) is 0. The average Bonchev–Trinajstić information content (AvgIpc) is 2.41. The van der Waals surface area contributed by atoms with Gasteiger partial charge in [0, 0.05) is 5.82 Å². The van der Waals surface area contributed by atoms with Gasteiger partial charge in [0.25, 0.3) is 0 Å². The molecule has 3 nitrogen and oxygen atoms in total. The summed E-state index contributed by atoms with van der Waals surface area (Å²) >= 11 is 0. The minimum absolute atomic E-state index is 0.103. The molecule has 2 fully saturated rings. The Morgan fingerprint density at radius 3 is 1.56 bits per heavy atom. The summed E-state index contributed by atoms with van der Waals surface area (Å²) in [6.45, 7) is 3.65. The fourth-order valence-corrected chi connectivity index (χ4v) is 4.34. The van der Waals surface area contributed by atoms with Crippen LogP contribution >= 0.6 is 7.60 Å². The third-order valence-corrected chi connectivity index (χ3v) is 5.55.